The number of aromatic hydroxyl groups is 1. The molecule has 0 saturated carbocycles. The van der Waals surface area contributed by atoms with Crippen molar-refractivity contribution in [1.29, 1.82) is 0 Å². The number of nitrogens with zero attached hydrogens (tertiary/aromatic N) is 1. The largest absolute Gasteiger partial charge is 0.508 e. The normalized spacial score (nSPS) is 13.2. The van der Waals surface area contributed by atoms with Crippen LogP contribution in [0.3, 0.4) is 0 Å². The Balaban J connectivity index is 2.58. The van der Waals surface area contributed by atoms with Crippen LogP contribution < -0.4 is 5.32 Å². The Kier molecular flexibility index (Phi) is 6.96. The lowest BCUT2D eigenvalue weighted by molar-refractivity contribution is 0.193. The molecule has 1 aromatic rings. The molecule has 0 aliphatic heterocycles. The van der Waals surface area contributed by atoms with Crippen molar-refractivity contribution in [2.45, 2.75) is 39.3 Å². The first-order valence-electron chi connectivity index (χ1n) is 7.34. The Morgan fingerprint density at radius 2 is 1.90 bits per heavy atom. The minimum atomic E-state index is -0.316. The predicted octanol–water partition coefficient (Wildman–Crippen LogP) is 2.99. The third-order valence-corrected chi connectivity index (χ3v) is 3.97. The summed E-state index contributed by atoms with van der Waals surface area (Å²) in [5, 5.41) is 13.0. The molecule has 0 saturated heterocycles. The van der Waals surface area contributed by atoms with Crippen molar-refractivity contribution in [3.05, 3.63) is 29.6 Å². The van der Waals surface area contributed by atoms with Gasteiger partial charge in [-0.2, -0.15) is 0 Å². The third-order valence-electron chi connectivity index (χ3n) is 3.97. The van der Waals surface area contributed by atoms with Crippen LogP contribution in [0.5, 0.6) is 5.75 Å². The summed E-state index contributed by atoms with van der Waals surface area (Å²) in [6, 6.07) is 4.49. The zero-order chi connectivity index (χ0) is 15.1. The molecule has 1 aromatic carbocycles. The number of rotatable bonds is 8. The molecule has 0 aliphatic rings. The molecule has 0 amide bonds. The van der Waals surface area contributed by atoms with E-state index in [9.17, 15) is 9.50 Å². The summed E-state index contributed by atoms with van der Waals surface area (Å²) in [7, 11) is 4.18. The van der Waals surface area contributed by atoms with Crippen molar-refractivity contribution in [2.75, 3.05) is 20.6 Å². The molecule has 0 heterocycles. The van der Waals surface area contributed by atoms with E-state index in [0.29, 0.717) is 24.1 Å². The smallest absolute Gasteiger partial charge is 0.123 e. The van der Waals surface area contributed by atoms with Gasteiger partial charge in [-0.1, -0.05) is 26.7 Å². The molecule has 3 nitrogen and oxygen atoms in total. The first-order valence-corrected chi connectivity index (χ1v) is 7.34. The van der Waals surface area contributed by atoms with Gasteiger partial charge in [-0.3, -0.25) is 0 Å². The number of phenolic OH excluding ortho intramolecular Hbond substituents is 1. The van der Waals surface area contributed by atoms with Crippen LogP contribution in [-0.2, 0) is 6.54 Å². The van der Waals surface area contributed by atoms with E-state index in [1.807, 2.05) is 0 Å². The van der Waals surface area contributed by atoms with Gasteiger partial charge < -0.3 is 15.3 Å². The van der Waals surface area contributed by atoms with Gasteiger partial charge in [0.1, 0.15) is 11.6 Å². The van der Waals surface area contributed by atoms with Crippen LogP contribution >= 0.6 is 0 Å². The number of hydrogen-bond acceptors (Lipinski definition) is 3. The summed E-state index contributed by atoms with van der Waals surface area (Å²) < 4.78 is 13.2. The molecule has 0 radical (unpaired) electrons. The molecule has 114 valence electrons. The Bertz CT molecular complexity index is 405. The van der Waals surface area contributed by atoms with Crippen molar-refractivity contribution in [3.63, 3.8) is 0 Å². The number of phenols is 1. The Labute approximate surface area is 121 Å². The minimum absolute atomic E-state index is 0.142. The van der Waals surface area contributed by atoms with Crippen LogP contribution in [0, 0.1) is 11.7 Å². The van der Waals surface area contributed by atoms with Crippen LogP contribution in [0.2, 0.25) is 0 Å². The monoisotopic (exact) mass is 282 g/mol. The Morgan fingerprint density at radius 3 is 2.45 bits per heavy atom. The SMILES string of the molecule is CCC(CC)C(CNCc1cc(F)ccc1O)N(C)C. The van der Waals surface area contributed by atoms with Gasteiger partial charge in [0.05, 0.1) is 0 Å². The van der Waals surface area contributed by atoms with Crippen LogP contribution in [-0.4, -0.2) is 36.7 Å². The number of likely N-dealkylation sites (N-methyl/N-ethyl adjacent to an activating group) is 1. The molecular weight excluding hydrogens is 255 g/mol. The molecule has 4 heteroatoms. The summed E-state index contributed by atoms with van der Waals surface area (Å²) in [5.41, 5.74) is 0.604. The van der Waals surface area contributed by atoms with Crippen LogP contribution in [0.4, 0.5) is 4.39 Å². The van der Waals surface area contributed by atoms with Gasteiger partial charge in [-0.25, -0.2) is 4.39 Å². The first-order chi connectivity index (χ1) is 9.49. The zero-order valence-electron chi connectivity index (χ0n) is 13.0. The summed E-state index contributed by atoms with van der Waals surface area (Å²) in [5.74, 6) is 0.463. The van der Waals surface area contributed by atoms with E-state index in [1.54, 1.807) is 0 Å². The second-order valence-electron chi connectivity index (χ2n) is 5.51. The van der Waals surface area contributed by atoms with Gasteiger partial charge in [0.15, 0.2) is 0 Å². The Hall–Kier alpha value is -1.13. The molecular formula is C16H27FN2O. The standard InChI is InChI=1S/C16H27FN2O/c1-5-12(6-2)15(19(3)4)11-18-10-13-9-14(17)7-8-16(13)20/h7-9,12,15,18,20H,5-6,10-11H2,1-4H3. The predicted molar refractivity (Wildman–Crippen MR) is 81.3 cm³/mol. The van der Waals surface area contributed by atoms with Gasteiger partial charge in [0, 0.05) is 24.7 Å². The lowest BCUT2D eigenvalue weighted by Crippen LogP contribution is -2.42. The van der Waals surface area contributed by atoms with Crippen molar-refractivity contribution in [3.8, 4) is 5.75 Å². The lowest BCUT2D eigenvalue weighted by atomic mass is 9.93. The van der Waals surface area contributed by atoms with Gasteiger partial charge in [0.2, 0.25) is 0 Å². The van der Waals surface area contributed by atoms with Crippen LogP contribution in [0.25, 0.3) is 0 Å². The van der Waals surface area contributed by atoms with Crippen molar-refractivity contribution in [2.24, 2.45) is 5.92 Å². The second-order valence-corrected chi connectivity index (χ2v) is 5.51. The quantitative estimate of drug-likeness (QED) is 0.769. The summed E-state index contributed by atoms with van der Waals surface area (Å²) in [6.07, 6.45) is 2.29. The van der Waals surface area contributed by atoms with Gasteiger partial charge >= 0.3 is 0 Å². The molecule has 0 bridgehead atoms. The number of benzene rings is 1. The van der Waals surface area contributed by atoms with Crippen LogP contribution in [0.15, 0.2) is 18.2 Å². The van der Waals surface area contributed by atoms with Crippen molar-refractivity contribution in [1.82, 2.24) is 10.2 Å². The van der Waals surface area contributed by atoms with E-state index in [0.717, 1.165) is 19.4 Å². The molecule has 0 aromatic heterocycles. The summed E-state index contributed by atoms with van der Waals surface area (Å²) in [4.78, 5) is 2.23. The molecule has 0 spiro atoms. The first kappa shape index (κ1) is 16.9. The fourth-order valence-electron chi connectivity index (χ4n) is 2.65. The fraction of sp³-hybridized carbons (Fsp3) is 0.625. The summed E-state index contributed by atoms with van der Waals surface area (Å²) in [6.45, 7) is 5.73. The van der Waals surface area contributed by atoms with Crippen LogP contribution in [0.1, 0.15) is 32.3 Å². The molecule has 1 rings (SSSR count). The Morgan fingerprint density at radius 1 is 1.25 bits per heavy atom. The van der Waals surface area contributed by atoms with E-state index in [-0.39, 0.29) is 11.6 Å². The van der Waals surface area contributed by atoms with Gasteiger partial charge in [0.25, 0.3) is 0 Å². The number of nitrogens with one attached hydrogen (secondary N) is 1. The maximum Gasteiger partial charge on any atom is 0.123 e. The van der Waals surface area contributed by atoms with E-state index in [1.165, 1.54) is 18.2 Å². The van der Waals surface area contributed by atoms with E-state index in [2.05, 4.69) is 38.2 Å². The topological polar surface area (TPSA) is 35.5 Å². The average Bonchev–Trinajstić information content (AvgIpc) is 2.41. The van der Waals surface area contributed by atoms with Gasteiger partial charge in [-0.15, -0.1) is 0 Å². The highest BCUT2D eigenvalue weighted by Gasteiger charge is 2.20. The summed E-state index contributed by atoms with van der Waals surface area (Å²) >= 11 is 0. The molecule has 1 unspecified atom stereocenters. The van der Waals surface area contributed by atoms with Gasteiger partial charge in [-0.05, 0) is 38.2 Å². The maximum absolute atomic E-state index is 13.2. The second kappa shape index (κ2) is 8.22. The highest BCUT2D eigenvalue weighted by molar-refractivity contribution is 5.32. The van der Waals surface area contributed by atoms with Crippen molar-refractivity contribution < 1.29 is 9.50 Å². The molecule has 0 fully saturated rings. The van der Waals surface area contributed by atoms with E-state index < -0.39 is 0 Å². The molecule has 2 N–H and O–H groups in total. The molecule has 0 aliphatic carbocycles. The third kappa shape index (κ3) is 4.76. The minimum Gasteiger partial charge on any atom is -0.508 e. The van der Waals surface area contributed by atoms with Crippen molar-refractivity contribution >= 4 is 0 Å². The highest BCUT2D eigenvalue weighted by Crippen LogP contribution is 2.19. The number of halogens is 1. The average molecular weight is 282 g/mol. The maximum atomic E-state index is 13.2. The lowest BCUT2D eigenvalue weighted by Gasteiger charge is -2.31. The number of hydrogen-bond donors (Lipinski definition) is 2. The fourth-order valence-corrected chi connectivity index (χ4v) is 2.65. The zero-order valence-corrected chi connectivity index (χ0v) is 13.0. The highest BCUT2D eigenvalue weighted by atomic mass is 19.1. The van der Waals surface area contributed by atoms with E-state index >= 15 is 0 Å². The molecule has 20 heavy (non-hydrogen) atoms. The molecule has 1 atom stereocenters. The van der Waals surface area contributed by atoms with E-state index in [4.69, 9.17) is 0 Å².